The Bertz CT molecular complexity index is 348. The Balaban J connectivity index is 2.73. The summed E-state index contributed by atoms with van der Waals surface area (Å²) in [7, 11) is 0. The lowest BCUT2D eigenvalue weighted by Crippen LogP contribution is -2.25. The fraction of sp³-hybridized carbons (Fsp3) is 0.417. The number of benzene rings is 1. The van der Waals surface area contributed by atoms with Crippen molar-refractivity contribution in [2.75, 3.05) is 6.61 Å². The van der Waals surface area contributed by atoms with Crippen LogP contribution in [0.5, 0.6) is 0 Å². The van der Waals surface area contributed by atoms with Crippen LogP contribution in [0.4, 0.5) is 0 Å². The van der Waals surface area contributed by atoms with E-state index in [-0.39, 0.29) is 6.61 Å². The predicted octanol–water partition coefficient (Wildman–Crippen LogP) is 2.20. The monoisotopic (exact) mass is 242 g/mol. The number of esters is 1. The largest absolute Gasteiger partial charge is 0.465 e. The zero-order valence-electron chi connectivity index (χ0n) is 9.31. The van der Waals surface area contributed by atoms with E-state index in [1.165, 1.54) is 0 Å². The number of aryl methyl sites for hydroxylation is 1. The molecule has 0 radical (unpaired) electrons. The molecule has 0 fully saturated rings. The number of halogens is 1. The molecule has 1 aromatic rings. The summed E-state index contributed by atoms with van der Waals surface area (Å²) in [5, 5.41) is 8.78. The third-order valence-corrected chi connectivity index (χ3v) is 2.62. The number of ether oxygens (including phenoxy) is 1. The van der Waals surface area contributed by atoms with Crippen LogP contribution < -0.4 is 0 Å². The average molecular weight is 243 g/mol. The zero-order chi connectivity index (χ0) is 12.1. The van der Waals surface area contributed by atoms with Crippen LogP contribution in [-0.2, 0) is 9.53 Å². The van der Waals surface area contributed by atoms with E-state index in [1.54, 1.807) is 19.1 Å². The standard InChI is InChI=1S/C12H15ClO3/c1-3-16-12(15)10(13)11(14)9-6-4-8(2)5-7-9/h4-7,10-11,14H,3H2,1-2H3/t10-,11-/m1/s1. The van der Waals surface area contributed by atoms with Gasteiger partial charge >= 0.3 is 5.97 Å². The van der Waals surface area contributed by atoms with Crippen molar-refractivity contribution < 1.29 is 14.6 Å². The minimum absolute atomic E-state index is 0.253. The normalized spacial score (nSPS) is 14.2. The number of aliphatic hydroxyl groups is 1. The number of hydrogen-bond acceptors (Lipinski definition) is 3. The van der Waals surface area contributed by atoms with Gasteiger partial charge in [-0.1, -0.05) is 29.8 Å². The highest BCUT2D eigenvalue weighted by molar-refractivity contribution is 6.30. The van der Waals surface area contributed by atoms with E-state index >= 15 is 0 Å². The molecule has 16 heavy (non-hydrogen) atoms. The Hall–Kier alpha value is -1.06. The Morgan fingerprint density at radius 2 is 2.00 bits per heavy atom. The van der Waals surface area contributed by atoms with Gasteiger partial charge in [-0.3, -0.25) is 4.79 Å². The highest BCUT2D eigenvalue weighted by atomic mass is 35.5. The van der Waals surface area contributed by atoms with Gasteiger partial charge in [0.1, 0.15) is 6.10 Å². The van der Waals surface area contributed by atoms with Crippen molar-refractivity contribution in [3.63, 3.8) is 0 Å². The maximum atomic E-state index is 11.3. The summed E-state index contributed by atoms with van der Waals surface area (Å²) >= 11 is 5.81. The maximum Gasteiger partial charge on any atom is 0.327 e. The number of carbonyl (C=O) groups excluding carboxylic acids is 1. The van der Waals surface area contributed by atoms with Crippen LogP contribution in [0.2, 0.25) is 0 Å². The van der Waals surface area contributed by atoms with Gasteiger partial charge in [0.15, 0.2) is 5.38 Å². The van der Waals surface area contributed by atoms with Crippen molar-refractivity contribution in [3.05, 3.63) is 35.4 Å². The molecule has 4 heteroatoms. The summed E-state index contributed by atoms with van der Waals surface area (Å²) in [5.74, 6) is -0.600. The number of carbonyl (C=O) groups is 1. The second-order valence-corrected chi connectivity index (χ2v) is 3.98. The van der Waals surface area contributed by atoms with Crippen LogP contribution in [0.15, 0.2) is 24.3 Å². The van der Waals surface area contributed by atoms with Crippen molar-refractivity contribution in [1.29, 1.82) is 0 Å². The first kappa shape index (κ1) is 13.0. The zero-order valence-corrected chi connectivity index (χ0v) is 10.1. The summed E-state index contributed by atoms with van der Waals surface area (Å²) in [4.78, 5) is 11.3. The van der Waals surface area contributed by atoms with Crippen LogP contribution in [0, 0.1) is 6.92 Å². The molecule has 0 amide bonds. The number of hydrogen-bond donors (Lipinski definition) is 1. The van der Waals surface area contributed by atoms with Crippen LogP contribution in [0.1, 0.15) is 24.2 Å². The highest BCUT2D eigenvalue weighted by Gasteiger charge is 2.26. The highest BCUT2D eigenvalue weighted by Crippen LogP contribution is 2.22. The molecule has 1 aromatic carbocycles. The Morgan fingerprint density at radius 3 is 2.50 bits per heavy atom. The lowest BCUT2D eigenvalue weighted by atomic mass is 10.0. The van der Waals surface area contributed by atoms with Crippen molar-refractivity contribution >= 4 is 17.6 Å². The smallest absolute Gasteiger partial charge is 0.327 e. The first-order valence-electron chi connectivity index (χ1n) is 5.11. The summed E-state index contributed by atoms with van der Waals surface area (Å²) < 4.78 is 4.74. The van der Waals surface area contributed by atoms with Gasteiger partial charge in [0.05, 0.1) is 6.61 Å². The summed E-state index contributed by atoms with van der Waals surface area (Å²) in [6.45, 7) is 3.89. The fourth-order valence-corrected chi connectivity index (χ4v) is 1.49. The molecule has 1 rings (SSSR count). The lowest BCUT2D eigenvalue weighted by Gasteiger charge is -2.16. The molecular weight excluding hydrogens is 228 g/mol. The van der Waals surface area contributed by atoms with E-state index in [1.807, 2.05) is 19.1 Å². The van der Waals surface area contributed by atoms with Gasteiger partial charge < -0.3 is 9.84 Å². The van der Waals surface area contributed by atoms with E-state index < -0.39 is 17.5 Å². The van der Waals surface area contributed by atoms with Gasteiger partial charge in [0.2, 0.25) is 0 Å². The minimum atomic E-state index is -1.07. The van der Waals surface area contributed by atoms with E-state index in [4.69, 9.17) is 16.3 Å². The van der Waals surface area contributed by atoms with Gasteiger partial charge in [-0.15, -0.1) is 11.6 Å². The third-order valence-electron chi connectivity index (χ3n) is 2.21. The molecule has 0 unspecified atom stereocenters. The van der Waals surface area contributed by atoms with E-state index in [0.717, 1.165) is 5.56 Å². The molecule has 0 heterocycles. The van der Waals surface area contributed by atoms with Crippen molar-refractivity contribution in [2.45, 2.75) is 25.3 Å². The molecule has 0 aliphatic carbocycles. The van der Waals surface area contributed by atoms with E-state index in [2.05, 4.69) is 0 Å². The second-order valence-electron chi connectivity index (χ2n) is 3.51. The van der Waals surface area contributed by atoms with Gasteiger partial charge in [-0.05, 0) is 19.4 Å². The number of aliphatic hydroxyl groups excluding tert-OH is 1. The molecule has 0 saturated heterocycles. The first-order chi connectivity index (χ1) is 7.56. The molecule has 0 aliphatic rings. The van der Waals surface area contributed by atoms with E-state index in [0.29, 0.717) is 5.56 Å². The second kappa shape index (κ2) is 5.87. The van der Waals surface area contributed by atoms with Crippen LogP contribution in [-0.4, -0.2) is 23.1 Å². The van der Waals surface area contributed by atoms with Crippen molar-refractivity contribution in [3.8, 4) is 0 Å². The Morgan fingerprint density at radius 1 is 1.44 bits per heavy atom. The molecule has 0 aromatic heterocycles. The number of rotatable bonds is 4. The minimum Gasteiger partial charge on any atom is -0.465 e. The molecule has 0 aliphatic heterocycles. The number of alkyl halides is 1. The molecule has 3 nitrogen and oxygen atoms in total. The van der Waals surface area contributed by atoms with Crippen LogP contribution >= 0.6 is 11.6 Å². The molecule has 0 bridgehead atoms. The third kappa shape index (κ3) is 3.22. The van der Waals surface area contributed by atoms with Crippen LogP contribution in [0.3, 0.4) is 0 Å². The summed E-state index contributed by atoms with van der Waals surface area (Å²) in [6, 6.07) is 7.20. The molecule has 1 N–H and O–H groups in total. The van der Waals surface area contributed by atoms with Crippen molar-refractivity contribution in [1.82, 2.24) is 0 Å². The first-order valence-corrected chi connectivity index (χ1v) is 5.55. The Labute approximate surface area is 100.0 Å². The topological polar surface area (TPSA) is 46.5 Å². The van der Waals surface area contributed by atoms with Gasteiger partial charge in [-0.2, -0.15) is 0 Å². The molecule has 0 saturated carbocycles. The van der Waals surface area contributed by atoms with Gasteiger partial charge in [0, 0.05) is 0 Å². The summed E-state index contributed by atoms with van der Waals surface area (Å²) in [6.07, 6.45) is -1.04. The maximum absolute atomic E-state index is 11.3. The fourth-order valence-electron chi connectivity index (χ4n) is 1.28. The van der Waals surface area contributed by atoms with E-state index in [9.17, 15) is 9.90 Å². The lowest BCUT2D eigenvalue weighted by molar-refractivity contribution is -0.144. The van der Waals surface area contributed by atoms with Gasteiger partial charge in [-0.25, -0.2) is 0 Å². The molecule has 88 valence electrons. The predicted molar refractivity (Wildman–Crippen MR) is 62.4 cm³/mol. The average Bonchev–Trinajstić information content (AvgIpc) is 2.28. The Kier molecular flexibility index (Phi) is 4.77. The summed E-state index contributed by atoms with van der Waals surface area (Å²) in [5.41, 5.74) is 1.69. The SMILES string of the molecule is CCOC(=O)[C@H](Cl)[C@H](O)c1ccc(C)cc1. The van der Waals surface area contributed by atoms with Gasteiger partial charge in [0.25, 0.3) is 0 Å². The molecular formula is C12H15ClO3. The van der Waals surface area contributed by atoms with Crippen molar-refractivity contribution in [2.24, 2.45) is 0 Å². The van der Waals surface area contributed by atoms with Crippen LogP contribution in [0.25, 0.3) is 0 Å². The molecule has 0 spiro atoms. The molecule has 2 atom stereocenters. The quantitative estimate of drug-likeness (QED) is 0.650.